The van der Waals surface area contributed by atoms with Crippen molar-refractivity contribution in [1.82, 2.24) is 5.43 Å². The molecular formula is C13H17N2O3+. The number of nitrogens with zero attached hydrogens (tertiary/aromatic N) is 1. The molecule has 1 unspecified atom stereocenters. The summed E-state index contributed by atoms with van der Waals surface area (Å²) in [7, 11) is 0. The molecule has 0 spiro atoms. The zero-order chi connectivity index (χ0) is 13.4. The average molecular weight is 249 g/mol. The summed E-state index contributed by atoms with van der Waals surface area (Å²) in [5.41, 5.74) is 2.83. The van der Waals surface area contributed by atoms with Crippen LogP contribution in [0.5, 0.6) is 0 Å². The predicted molar refractivity (Wildman–Crippen MR) is 68.1 cm³/mol. The minimum atomic E-state index is -0.775. The highest BCUT2D eigenvalue weighted by Gasteiger charge is 2.29. The summed E-state index contributed by atoms with van der Waals surface area (Å²) in [6.07, 6.45) is 0.951. The topological polar surface area (TPSA) is 67.8 Å². The number of hydrogen-bond acceptors (Lipinski definition) is 4. The number of rotatable bonds is 7. The van der Waals surface area contributed by atoms with Crippen LogP contribution in [0.2, 0.25) is 0 Å². The lowest BCUT2D eigenvalue weighted by Gasteiger charge is -2.10. The number of amides is 1. The van der Waals surface area contributed by atoms with Gasteiger partial charge in [-0.05, 0) is 19.4 Å². The number of ether oxygens (including phenoxy) is 1. The van der Waals surface area contributed by atoms with Crippen LogP contribution in [0.1, 0.15) is 19.4 Å². The second-order valence-electron chi connectivity index (χ2n) is 4.22. The fraction of sp³-hybridized carbons (Fsp3) is 0.385. The van der Waals surface area contributed by atoms with Gasteiger partial charge < -0.3 is 4.74 Å². The summed E-state index contributed by atoms with van der Waals surface area (Å²) in [5.74, 6) is -0.377. The molecular weight excluding hydrogens is 232 g/mol. The van der Waals surface area contributed by atoms with E-state index in [1.807, 2.05) is 49.6 Å². The SMILES string of the molecule is CC(C)[CH+]C(OCc1ccccc1)C(=O)NN=O. The van der Waals surface area contributed by atoms with Crippen molar-refractivity contribution in [2.45, 2.75) is 26.6 Å². The van der Waals surface area contributed by atoms with E-state index in [9.17, 15) is 9.70 Å². The predicted octanol–water partition coefficient (Wildman–Crippen LogP) is 2.23. The van der Waals surface area contributed by atoms with Gasteiger partial charge in [0.05, 0.1) is 17.8 Å². The molecule has 96 valence electrons. The van der Waals surface area contributed by atoms with Crippen molar-refractivity contribution in [3.63, 3.8) is 0 Å². The van der Waals surface area contributed by atoms with Crippen molar-refractivity contribution in [3.8, 4) is 0 Å². The molecule has 0 aromatic heterocycles. The summed E-state index contributed by atoms with van der Waals surface area (Å²) >= 11 is 0. The number of carbonyl (C=O) groups excluding carboxylic acids is 1. The lowest BCUT2D eigenvalue weighted by molar-refractivity contribution is -0.131. The molecule has 5 heteroatoms. The molecule has 0 heterocycles. The summed E-state index contributed by atoms with van der Waals surface area (Å²) in [5, 5.41) is 2.37. The van der Waals surface area contributed by atoms with Crippen LogP contribution in [0, 0.1) is 17.2 Å². The van der Waals surface area contributed by atoms with Crippen molar-refractivity contribution in [2.24, 2.45) is 11.2 Å². The molecule has 1 rings (SSSR count). The first-order valence-electron chi connectivity index (χ1n) is 5.76. The Bertz CT molecular complexity index is 379. The highest BCUT2D eigenvalue weighted by Crippen LogP contribution is 2.10. The minimum Gasteiger partial charge on any atom is -0.325 e. The van der Waals surface area contributed by atoms with E-state index >= 15 is 0 Å². The van der Waals surface area contributed by atoms with E-state index in [1.165, 1.54) is 0 Å². The number of nitrogens with one attached hydrogen (secondary N) is 1. The van der Waals surface area contributed by atoms with Gasteiger partial charge >= 0.3 is 5.91 Å². The third-order valence-corrected chi connectivity index (χ3v) is 2.25. The average Bonchev–Trinajstić information content (AvgIpc) is 2.35. The van der Waals surface area contributed by atoms with Gasteiger partial charge in [0, 0.05) is 0 Å². The highest BCUT2D eigenvalue weighted by atomic mass is 16.5. The Hall–Kier alpha value is -1.88. The van der Waals surface area contributed by atoms with Crippen LogP contribution in [-0.4, -0.2) is 12.0 Å². The van der Waals surface area contributed by atoms with E-state index in [0.717, 1.165) is 5.56 Å². The van der Waals surface area contributed by atoms with Gasteiger partial charge in [0.25, 0.3) is 6.10 Å². The largest absolute Gasteiger partial charge is 0.325 e. The van der Waals surface area contributed by atoms with Crippen molar-refractivity contribution < 1.29 is 9.53 Å². The number of nitroso groups, excluding NO2 is 1. The smallest absolute Gasteiger partial charge is 0.319 e. The molecule has 0 aliphatic carbocycles. The van der Waals surface area contributed by atoms with E-state index in [2.05, 4.69) is 5.29 Å². The lowest BCUT2D eigenvalue weighted by Crippen LogP contribution is -2.34. The van der Waals surface area contributed by atoms with E-state index < -0.39 is 12.0 Å². The van der Waals surface area contributed by atoms with Crippen molar-refractivity contribution in [1.29, 1.82) is 0 Å². The van der Waals surface area contributed by atoms with Crippen molar-refractivity contribution >= 4 is 5.91 Å². The second kappa shape index (κ2) is 7.45. The lowest BCUT2D eigenvalue weighted by atomic mass is 10.1. The maximum atomic E-state index is 11.5. The quantitative estimate of drug-likeness (QED) is 0.457. The molecule has 1 atom stereocenters. The number of benzene rings is 1. The van der Waals surface area contributed by atoms with Gasteiger partial charge in [0.15, 0.2) is 0 Å². The Balaban J connectivity index is 2.55. The summed E-state index contributed by atoms with van der Waals surface area (Å²) in [4.78, 5) is 21.6. The van der Waals surface area contributed by atoms with Crippen molar-refractivity contribution in [2.75, 3.05) is 0 Å². The Labute approximate surface area is 106 Å². The molecule has 0 fully saturated rings. The molecule has 0 aliphatic heterocycles. The molecule has 0 bridgehead atoms. The first-order chi connectivity index (χ1) is 8.63. The zero-order valence-corrected chi connectivity index (χ0v) is 10.5. The van der Waals surface area contributed by atoms with Gasteiger partial charge in [-0.3, -0.25) is 4.79 Å². The van der Waals surface area contributed by atoms with Gasteiger partial charge in [0.1, 0.15) is 6.42 Å². The molecule has 0 aliphatic rings. The number of hydrogen-bond donors (Lipinski definition) is 1. The fourth-order valence-electron chi connectivity index (χ4n) is 1.44. The summed E-state index contributed by atoms with van der Waals surface area (Å²) in [6, 6.07) is 9.51. The van der Waals surface area contributed by atoms with Gasteiger partial charge in [0.2, 0.25) is 0 Å². The second-order valence-corrected chi connectivity index (χ2v) is 4.22. The van der Waals surface area contributed by atoms with E-state index in [4.69, 9.17) is 4.74 Å². The van der Waals surface area contributed by atoms with Crippen LogP contribution in [0.25, 0.3) is 0 Å². The highest BCUT2D eigenvalue weighted by molar-refractivity contribution is 5.81. The Kier molecular flexibility index (Phi) is 5.87. The van der Waals surface area contributed by atoms with Gasteiger partial charge in [-0.1, -0.05) is 30.3 Å². The van der Waals surface area contributed by atoms with E-state index in [0.29, 0.717) is 6.61 Å². The molecule has 18 heavy (non-hydrogen) atoms. The first-order valence-corrected chi connectivity index (χ1v) is 5.76. The molecule has 1 N–H and O–H groups in total. The van der Waals surface area contributed by atoms with Crippen LogP contribution in [0.4, 0.5) is 0 Å². The molecule has 1 aromatic carbocycles. The molecule has 5 nitrogen and oxygen atoms in total. The third-order valence-electron chi connectivity index (χ3n) is 2.25. The molecule has 0 saturated heterocycles. The zero-order valence-electron chi connectivity index (χ0n) is 10.5. The maximum absolute atomic E-state index is 11.5. The monoisotopic (exact) mass is 249 g/mol. The molecule has 1 amide bonds. The molecule has 0 radical (unpaired) electrons. The molecule has 0 saturated carbocycles. The van der Waals surface area contributed by atoms with Gasteiger partial charge in [-0.25, -0.2) is 5.43 Å². The maximum Gasteiger partial charge on any atom is 0.319 e. The normalized spacial score (nSPS) is 11.9. The first kappa shape index (κ1) is 14.2. The van der Waals surface area contributed by atoms with Crippen LogP contribution >= 0.6 is 0 Å². The molecule has 1 aromatic rings. The minimum absolute atomic E-state index is 0.170. The standard InChI is InChI=1S/C13H16N2O3/c1-10(2)8-12(13(16)14-15-17)18-9-11-6-4-3-5-7-11/h3-8,10,12H,9H2,1-2H3/p+1. The van der Waals surface area contributed by atoms with Crippen LogP contribution in [-0.2, 0) is 16.1 Å². The van der Waals surface area contributed by atoms with Gasteiger partial charge in [-0.15, -0.1) is 4.91 Å². The van der Waals surface area contributed by atoms with Gasteiger partial charge in [-0.2, -0.15) is 0 Å². The summed E-state index contributed by atoms with van der Waals surface area (Å²) < 4.78 is 5.49. The van der Waals surface area contributed by atoms with E-state index in [1.54, 1.807) is 6.42 Å². The van der Waals surface area contributed by atoms with Crippen LogP contribution < -0.4 is 5.43 Å². The van der Waals surface area contributed by atoms with Crippen LogP contribution in [0.3, 0.4) is 0 Å². The Morgan fingerprint density at radius 3 is 2.61 bits per heavy atom. The summed E-state index contributed by atoms with van der Waals surface area (Å²) in [6.45, 7) is 4.17. The third kappa shape index (κ3) is 4.97. The number of carbonyl (C=O) groups is 1. The van der Waals surface area contributed by atoms with E-state index in [-0.39, 0.29) is 5.92 Å². The van der Waals surface area contributed by atoms with Crippen molar-refractivity contribution in [3.05, 3.63) is 47.2 Å². The van der Waals surface area contributed by atoms with Crippen LogP contribution in [0.15, 0.2) is 35.6 Å². The fourth-order valence-corrected chi connectivity index (χ4v) is 1.44. The Morgan fingerprint density at radius 2 is 2.06 bits per heavy atom. The Morgan fingerprint density at radius 1 is 1.39 bits per heavy atom.